The Kier molecular flexibility index (Phi) is 40.4. The minimum Gasteiger partial charge on any atom is -0.566 e. The molecule has 0 radical (unpaired) electrons. The molecule has 128 valence electrons. The van der Waals surface area contributed by atoms with Gasteiger partial charge in [0.05, 0.1) is 0 Å². The van der Waals surface area contributed by atoms with Crippen molar-refractivity contribution in [3.63, 3.8) is 0 Å². The molecule has 0 saturated heterocycles. The number of alkyl halides is 4. The summed E-state index contributed by atoms with van der Waals surface area (Å²) in [5, 5.41) is 0. The standard InChI is InChI=1S/2CCl2O6P2.4Na/c2*2-1(3,8-10(4)5)9-11(6)7;;;;/q;;4*+1. The predicted octanol–water partition coefficient (Wildman–Crippen LogP) is -11.7. The maximum atomic E-state index is 9.77. The molecule has 0 spiro atoms. The zero-order chi connectivity index (χ0) is 18.1. The third kappa shape index (κ3) is 36.6. The number of hydrogen-bond donors (Lipinski definition) is 0. The van der Waals surface area contributed by atoms with Gasteiger partial charge in [-0.2, -0.15) is 0 Å². The Morgan fingerprint density at radius 3 is 0.692 bits per heavy atom. The molecule has 26 heavy (non-hydrogen) atoms. The molecular formula is C2Cl4Na4O12P4+4. The first-order valence-corrected chi connectivity index (χ1v) is 9.66. The van der Waals surface area contributed by atoms with Crippen molar-refractivity contribution in [1.29, 1.82) is 0 Å². The van der Waals surface area contributed by atoms with Crippen molar-refractivity contribution in [2.24, 2.45) is 0 Å². The zero-order valence-electron chi connectivity index (χ0n) is 13.2. The summed E-state index contributed by atoms with van der Waals surface area (Å²) in [4.78, 5) is 39.1. The maximum absolute atomic E-state index is 9.77. The van der Waals surface area contributed by atoms with Crippen molar-refractivity contribution >= 4 is 79.4 Å². The topological polar surface area (TPSA) is 197 Å². The van der Waals surface area contributed by atoms with Crippen LogP contribution in [0.3, 0.4) is 0 Å². The summed E-state index contributed by atoms with van der Waals surface area (Å²) in [7, 11) is -13.5. The molecule has 0 aliphatic rings. The normalized spacial score (nSPS) is 12.3. The third-order valence-electron chi connectivity index (χ3n) is 0.723. The summed E-state index contributed by atoms with van der Waals surface area (Å²) < 4.78 is 48.2. The van der Waals surface area contributed by atoms with Gasteiger partial charge in [0.2, 0.25) is 0 Å². The van der Waals surface area contributed by atoms with Crippen LogP contribution in [0.2, 0.25) is 0 Å². The molecule has 0 amide bonds. The molecule has 0 heterocycles. The van der Waals surface area contributed by atoms with Crippen LogP contribution in [0.4, 0.5) is 0 Å². The molecular weight excluding hydrogens is 574 g/mol. The van der Waals surface area contributed by atoms with Gasteiger partial charge in [0.25, 0.3) is 0 Å². The van der Waals surface area contributed by atoms with E-state index in [0.29, 0.717) is 0 Å². The van der Waals surface area contributed by atoms with E-state index in [2.05, 4.69) is 18.1 Å². The first-order valence-electron chi connectivity index (χ1n) is 3.76. The van der Waals surface area contributed by atoms with Crippen molar-refractivity contribution in [2.75, 3.05) is 0 Å². The SMILES string of the molecule is O=[P+]([O-])OC(Cl)(Cl)O[P+](=O)[O-].O=[P+]([O-])OC(Cl)(Cl)O[P+](=O)[O-].[Na+].[Na+].[Na+].[Na+]. The Balaban J connectivity index is -0.0000000667. The van der Waals surface area contributed by atoms with E-state index in [1.165, 1.54) is 0 Å². The van der Waals surface area contributed by atoms with Crippen LogP contribution in [0, 0.1) is 0 Å². The third-order valence-corrected chi connectivity index (χ3v) is 3.83. The zero-order valence-corrected chi connectivity index (χ0v) is 27.8. The van der Waals surface area contributed by atoms with Gasteiger partial charge in [-0.05, 0) is 64.7 Å². The number of rotatable bonds is 8. The van der Waals surface area contributed by atoms with E-state index in [1.54, 1.807) is 0 Å². The fraction of sp³-hybridized carbons (Fsp3) is 1.00. The van der Waals surface area contributed by atoms with Gasteiger partial charge in [0.1, 0.15) is 0 Å². The molecule has 0 saturated carbocycles. The Morgan fingerprint density at radius 1 is 0.500 bits per heavy atom. The molecule has 0 fully saturated rings. The van der Waals surface area contributed by atoms with E-state index < -0.39 is 42.4 Å². The molecule has 4 unspecified atom stereocenters. The predicted molar refractivity (Wildman–Crippen MR) is 63.6 cm³/mol. The molecule has 0 aliphatic heterocycles. The van der Waals surface area contributed by atoms with Crippen LogP contribution in [0.25, 0.3) is 0 Å². The first kappa shape index (κ1) is 44.8. The van der Waals surface area contributed by atoms with E-state index in [1.807, 2.05) is 0 Å². The quantitative estimate of drug-likeness (QED) is 0.115. The van der Waals surface area contributed by atoms with Gasteiger partial charge in [-0.25, -0.2) is 0 Å². The molecule has 0 aliphatic carbocycles. The van der Waals surface area contributed by atoms with E-state index in [0.717, 1.165) is 0 Å². The van der Waals surface area contributed by atoms with E-state index in [4.69, 9.17) is 46.4 Å². The molecule has 0 aromatic rings. The molecule has 24 heteroatoms. The van der Waals surface area contributed by atoms with Gasteiger partial charge in [-0.15, -0.1) is 0 Å². The second kappa shape index (κ2) is 23.4. The number of halogens is 4. The maximum Gasteiger partial charge on any atom is 1.00 e. The van der Waals surface area contributed by atoms with Gasteiger partial charge in [-0.1, -0.05) is 18.1 Å². The Labute approximate surface area is 258 Å². The van der Waals surface area contributed by atoms with Crippen molar-refractivity contribution in [2.45, 2.75) is 9.41 Å². The van der Waals surface area contributed by atoms with Crippen molar-refractivity contribution in [3.05, 3.63) is 0 Å². The van der Waals surface area contributed by atoms with Gasteiger partial charge in [0.15, 0.2) is 0 Å². The molecule has 0 rings (SSSR count). The van der Waals surface area contributed by atoms with Gasteiger partial charge in [-0.3, -0.25) is 0 Å². The molecule has 0 aromatic heterocycles. The van der Waals surface area contributed by atoms with Crippen LogP contribution in [-0.2, 0) is 36.4 Å². The summed E-state index contributed by atoms with van der Waals surface area (Å²) in [5.41, 5.74) is 0. The summed E-state index contributed by atoms with van der Waals surface area (Å²) in [6.45, 7) is 0. The van der Waals surface area contributed by atoms with Gasteiger partial charge >= 0.3 is 161 Å². The fourth-order valence-corrected chi connectivity index (χ4v) is 2.69. The summed E-state index contributed by atoms with van der Waals surface area (Å²) in [5.74, 6) is 0. The molecule has 0 aromatic carbocycles. The smallest absolute Gasteiger partial charge is 0.566 e. The van der Waals surface area contributed by atoms with Crippen LogP contribution in [0.15, 0.2) is 0 Å². The summed E-state index contributed by atoms with van der Waals surface area (Å²) >= 11 is 19.5. The fourth-order valence-electron chi connectivity index (χ4n) is 0.380. The monoisotopic (exact) mass is 572 g/mol. The second-order valence-electron chi connectivity index (χ2n) is 2.19. The first-order chi connectivity index (χ1) is 9.67. The van der Waals surface area contributed by atoms with Crippen LogP contribution in [-0.4, -0.2) is 9.41 Å². The van der Waals surface area contributed by atoms with E-state index >= 15 is 0 Å². The van der Waals surface area contributed by atoms with Crippen molar-refractivity contribution in [3.8, 4) is 0 Å². The minimum atomic E-state index is -3.38. The second-order valence-corrected chi connectivity index (χ2v) is 7.08. The minimum absolute atomic E-state index is 0. The van der Waals surface area contributed by atoms with Crippen LogP contribution < -0.4 is 138 Å². The van der Waals surface area contributed by atoms with Crippen LogP contribution in [0.5, 0.6) is 0 Å². The Morgan fingerprint density at radius 2 is 0.615 bits per heavy atom. The molecule has 12 nitrogen and oxygen atoms in total. The average Bonchev–Trinajstić information content (AvgIpc) is 2.06. The molecule has 0 bridgehead atoms. The average molecular weight is 574 g/mol. The van der Waals surface area contributed by atoms with Crippen molar-refractivity contribution in [1.82, 2.24) is 0 Å². The van der Waals surface area contributed by atoms with Crippen molar-refractivity contribution < 1.29 is 174 Å². The number of hydrogen-bond acceptors (Lipinski definition) is 12. The summed E-state index contributed by atoms with van der Waals surface area (Å²) in [6.07, 6.45) is 0. The van der Waals surface area contributed by atoms with E-state index in [-0.39, 0.29) is 118 Å². The van der Waals surface area contributed by atoms with Gasteiger partial charge in [0, 0.05) is 0 Å². The molecule has 0 N–H and O–H groups in total. The van der Waals surface area contributed by atoms with Crippen LogP contribution >= 0.6 is 79.4 Å². The Bertz CT molecular complexity index is 379. The molecule has 4 atom stereocenters. The van der Waals surface area contributed by atoms with Gasteiger partial charge < -0.3 is 19.6 Å². The largest absolute Gasteiger partial charge is 1.00 e. The summed E-state index contributed by atoms with van der Waals surface area (Å²) in [6, 6.07) is 0. The Hall–Kier alpha value is 5.24. The van der Waals surface area contributed by atoms with E-state index in [9.17, 15) is 37.8 Å². The van der Waals surface area contributed by atoms with Crippen LogP contribution in [0.1, 0.15) is 0 Å².